The standard InChI is InChI=1S/C17H26N2O2/c1-13(18-16(20)21-17(2,3)4)9-10-19-11-14-7-5-6-8-15(14)12-19/h5-8,13H,9-12H2,1-4H3,(H,18,20). The molecule has 1 aliphatic rings. The van der Waals surface area contributed by atoms with Crippen LogP contribution in [0.5, 0.6) is 0 Å². The lowest BCUT2D eigenvalue weighted by molar-refractivity contribution is 0.0503. The molecule has 1 atom stereocenters. The maximum atomic E-state index is 11.7. The predicted octanol–water partition coefficient (Wildman–Crippen LogP) is 3.31. The highest BCUT2D eigenvalue weighted by atomic mass is 16.6. The van der Waals surface area contributed by atoms with Crippen molar-refractivity contribution in [2.75, 3.05) is 6.54 Å². The van der Waals surface area contributed by atoms with Crippen molar-refractivity contribution in [3.63, 3.8) is 0 Å². The molecule has 1 aliphatic heterocycles. The molecule has 0 aromatic heterocycles. The van der Waals surface area contributed by atoms with Crippen LogP contribution in [-0.2, 0) is 17.8 Å². The molecule has 1 aromatic carbocycles. The lowest BCUT2D eigenvalue weighted by Crippen LogP contribution is -2.39. The summed E-state index contributed by atoms with van der Waals surface area (Å²) in [5.74, 6) is 0. The Morgan fingerprint density at radius 2 is 1.86 bits per heavy atom. The fraction of sp³-hybridized carbons (Fsp3) is 0.588. The van der Waals surface area contributed by atoms with Gasteiger partial charge in [0.05, 0.1) is 0 Å². The zero-order valence-electron chi connectivity index (χ0n) is 13.5. The van der Waals surface area contributed by atoms with Crippen LogP contribution in [-0.4, -0.2) is 29.2 Å². The zero-order valence-corrected chi connectivity index (χ0v) is 13.5. The van der Waals surface area contributed by atoms with E-state index in [1.807, 2.05) is 27.7 Å². The van der Waals surface area contributed by atoms with E-state index in [1.165, 1.54) is 11.1 Å². The molecule has 0 fully saturated rings. The van der Waals surface area contributed by atoms with Gasteiger partial charge in [-0.3, -0.25) is 4.90 Å². The van der Waals surface area contributed by atoms with Gasteiger partial charge in [-0.1, -0.05) is 24.3 Å². The van der Waals surface area contributed by atoms with E-state index in [9.17, 15) is 4.79 Å². The van der Waals surface area contributed by atoms with E-state index >= 15 is 0 Å². The molecule has 0 aliphatic carbocycles. The normalized spacial score (nSPS) is 16.4. The third kappa shape index (κ3) is 5.05. The highest BCUT2D eigenvalue weighted by molar-refractivity contribution is 5.68. The van der Waals surface area contributed by atoms with E-state index in [0.29, 0.717) is 0 Å². The first kappa shape index (κ1) is 15.8. The summed E-state index contributed by atoms with van der Waals surface area (Å²) in [5.41, 5.74) is 2.40. The van der Waals surface area contributed by atoms with E-state index in [4.69, 9.17) is 4.74 Å². The summed E-state index contributed by atoms with van der Waals surface area (Å²) < 4.78 is 5.27. The SMILES string of the molecule is CC(CCN1Cc2ccccc2C1)NC(=O)OC(C)(C)C. The summed E-state index contributed by atoms with van der Waals surface area (Å²) in [6, 6.07) is 8.68. The van der Waals surface area contributed by atoms with Gasteiger partial charge in [-0.2, -0.15) is 0 Å². The van der Waals surface area contributed by atoms with Gasteiger partial charge in [0.15, 0.2) is 0 Å². The van der Waals surface area contributed by atoms with Gasteiger partial charge in [0.1, 0.15) is 5.60 Å². The molecular weight excluding hydrogens is 264 g/mol. The fourth-order valence-electron chi connectivity index (χ4n) is 2.52. The summed E-state index contributed by atoms with van der Waals surface area (Å²) in [5, 5.41) is 2.89. The number of hydrogen-bond acceptors (Lipinski definition) is 3. The molecule has 116 valence electrons. The Morgan fingerprint density at radius 1 is 1.29 bits per heavy atom. The van der Waals surface area contributed by atoms with Crippen molar-refractivity contribution in [2.24, 2.45) is 0 Å². The van der Waals surface area contributed by atoms with Gasteiger partial charge in [0.25, 0.3) is 0 Å². The largest absolute Gasteiger partial charge is 0.444 e. The lowest BCUT2D eigenvalue weighted by Gasteiger charge is -2.23. The van der Waals surface area contributed by atoms with Gasteiger partial charge in [0.2, 0.25) is 0 Å². The first-order chi connectivity index (χ1) is 9.83. The quantitative estimate of drug-likeness (QED) is 0.925. The average Bonchev–Trinajstić information content (AvgIpc) is 2.76. The predicted molar refractivity (Wildman–Crippen MR) is 84.0 cm³/mol. The summed E-state index contributed by atoms with van der Waals surface area (Å²) in [6.45, 7) is 10.6. The van der Waals surface area contributed by atoms with E-state index in [0.717, 1.165) is 26.1 Å². The number of rotatable bonds is 4. The monoisotopic (exact) mass is 290 g/mol. The third-order valence-corrected chi connectivity index (χ3v) is 3.55. The zero-order chi connectivity index (χ0) is 15.5. The Balaban J connectivity index is 1.71. The lowest BCUT2D eigenvalue weighted by atomic mass is 10.1. The van der Waals surface area contributed by atoms with Crippen LogP contribution in [0.25, 0.3) is 0 Å². The van der Waals surface area contributed by atoms with Crippen molar-refractivity contribution in [1.82, 2.24) is 10.2 Å². The van der Waals surface area contributed by atoms with Crippen LogP contribution < -0.4 is 5.32 Å². The van der Waals surface area contributed by atoms with Crippen molar-refractivity contribution in [3.05, 3.63) is 35.4 Å². The highest BCUT2D eigenvalue weighted by Crippen LogP contribution is 2.22. The smallest absolute Gasteiger partial charge is 0.407 e. The van der Waals surface area contributed by atoms with Crippen LogP contribution in [0.4, 0.5) is 4.79 Å². The maximum Gasteiger partial charge on any atom is 0.407 e. The van der Waals surface area contributed by atoms with E-state index in [1.54, 1.807) is 0 Å². The molecule has 1 aromatic rings. The number of nitrogens with zero attached hydrogens (tertiary/aromatic N) is 1. The van der Waals surface area contributed by atoms with Crippen molar-refractivity contribution in [3.8, 4) is 0 Å². The first-order valence-electron chi connectivity index (χ1n) is 7.62. The molecule has 1 amide bonds. The van der Waals surface area contributed by atoms with Crippen LogP contribution in [0.1, 0.15) is 45.2 Å². The number of carbonyl (C=O) groups excluding carboxylic acids is 1. The van der Waals surface area contributed by atoms with Gasteiger partial charge in [-0.05, 0) is 45.2 Å². The molecular formula is C17H26N2O2. The van der Waals surface area contributed by atoms with Crippen LogP contribution >= 0.6 is 0 Å². The Hall–Kier alpha value is -1.55. The van der Waals surface area contributed by atoms with Crippen molar-refractivity contribution in [2.45, 2.75) is 58.8 Å². The molecule has 4 heteroatoms. The number of ether oxygens (including phenoxy) is 1. The minimum Gasteiger partial charge on any atom is -0.444 e. The first-order valence-corrected chi connectivity index (χ1v) is 7.62. The number of fused-ring (bicyclic) bond motifs is 1. The number of nitrogens with one attached hydrogen (secondary N) is 1. The summed E-state index contributed by atoms with van der Waals surface area (Å²) in [4.78, 5) is 14.1. The minimum atomic E-state index is -0.444. The van der Waals surface area contributed by atoms with Crippen LogP contribution in [0, 0.1) is 0 Å². The van der Waals surface area contributed by atoms with Crippen molar-refractivity contribution in [1.29, 1.82) is 0 Å². The highest BCUT2D eigenvalue weighted by Gasteiger charge is 2.20. The van der Waals surface area contributed by atoms with E-state index in [2.05, 4.69) is 34.5 Å². The van der Waals surface area contributed by atoms with Crippen molar-refractivity contribution >= 4 is 6.09 Å². The molecule has 1 N–H and O–H groups in total. The maximum absolute atomic E-state index is 11.7. The molecule has 1 heterocycles. The molecule has 0 saturated carbocycles. The van der Waals surface area contributed by atoms with Gasteiger partial charge >= 0.3 is 6.09 Å². The molecule has 0 radical (unpaired) electrons. The van der Waals surface area contributed by atoms with E-state index < -0.39 is 5.60 Å². The number of alkyl carbamates (subject to hydrolysis) is 1. The minimum absolute atomic E-state index is 0.114. The summed E-state index contributed by atoms with van der Waals surface area (Å²) in [7, 11) is 0. The molecule has 0 bridgehead atoms. The summed E-state index contributed by atoms with van der Waals surface area (Å²) >= 11 is 0. The molecule has 0 spiro atoms. The van der Waals surface area contributed by atoms with Gasteiger partial charge in [-0.15, -0.1) is 0 Å². The molecule has 4 nitrogen and oxygen atoms in total. The second kappa shape index (κ2) is 6.48. The number of hydrogen-bond donors (Lipinski definition) is 1. The van der Waals surface area contributed by atoms with Crippen LogP contribution in [0.3, 0.4) is 0 Å². The van der Waals surface area contributed by atoms with Crippen molar-refractivity contribution < 1.29 is 9.53 Å². The van der Waals surface area contributed by atoms with Crippen LogP contribution in [0.2, 0.25) is 0 Å². The Bertz CT molecular complexity index is 469. The Morgan fingerprint density at radius 3 is 2.38 bits per heavy atom. The number of benzene rings is 1. The molecule has 21 heavy (non-hydrogen) atoms. The number of amides is 1. The van der Waals surface area contributed by atoms with Gasteiger partial charge < -0.3 is 10.1 Å². The average molecular weight is 290 g/mol. The van der Waals surface area contributed by atoms with Gasteiger partial charge in [-0.25, -0.2) is 4.79 Å². The molecule has 1 unspecified atom stereocenters. The topological polar surface area (TPSA) is 41.6 Å². The second-order valence-electron chi connectivity index (χ2n) is 6.82. The molecule has 2 rings (SSSR count). The third-order valence-electron chi connectivity index (χ3n) is 3.55. The fourth-order valence-corrected chi connectivity index (χ4v) is 2.52. The second-order valence-corrected chi connectivity index (χ2v) is 6.82. The van der Waals surface area contributed by atoms with Crippen LogP contribution in [0.15, 0.2) is 24.3 Å². The van der Waals surface area contributed by atoms with E-state index in [-0.39, 0.29) is 12.1 Å². The summed E-state index contributed by atoms with van der Waals surface area (Å²) in [6.07, 6.45) is 0.590. The number of carbonyl (C=O) groups is 1. The Kier molecular flexibility index (Phi) is 4.88. The molecule has 0 saturated heterocycles. The van der Waals surface area contributed by atoms with Gasteiger partial charge in [0, 0.05) is 25.7 Å². The Labute approximate surface area is 127 Å².